The number of hydrogen-bond acceptors (Lipinski definition) is 3. The fourth-order valence-corrected chi connectivity index (χ4v) is 2.08. The number of hydrogen-bond donors (Lipinski definition) is 1. The van der Waals surface area contributed by atoms with Gasteiger partial charge in [0.15, 0.2) is 11.5 Å². The van der Waals surface area contributed by atoms with E-state index >= 15 is 0 Å². The van der Waals surface area contributed by atoms with Gasteiger partial charge in [0, 0.05) is 6.42 Å². The van der Waals surface area contributed by atoms with Crippen molar-refractivity contribution >= 4 is 0 Å². The van der Waals surface area contributed by atoms with Crippen LogP contribution in [-0.4, -0.2) is 18.3 Å². The highest BCUT2D eigenvalue weighted by Crippen LogP contribution is 2.39. The van der Waals surface area contributed by atoms with Gasteiger partial charge in [-0.1, -0.05) is 0 Å². The topological polar surface area (TPSA) is 38.7 Å². The molecule has 0 bridgehead atoms. The van der Waals surface area contributed by atoms with E-state index in [2.05, 4.69) is 0 Å². The zero-order valence-corrected chi connectivity index (χ0v) is 11.0. The maximum atomic E-state index is 13.7. The summed E-state index contributed by atoms with van der Waals surface area (Å²) in [6, 6.07) is 3.32. The van der Waals surface area contributed by atoms with E-state index in [1.807, 2.05) is 0 Å². The van der Waals surface area contributed by atoms with E-state index in [9.17, 15) is 9.50 Å². The van der Waals surface area contributed by atoms with Gasteiger partial charge in [-0.15, -0.1) is 0 Å². The van der Waals surface area contributed by atoms with Crippen molar-refractivity contribution in [3.05, 3.63) is 23.3 Å². The number of alkyl halides is 1. The van der Waals surface area contributed by atoms with Crippen molar-refractivity contribution in [1.29, 1.82) is 0 Å². The van der Waals surface area contributed by atoms with E-state index in [4.69, 9.17) is 9.47 Å². The Morgan fingerprint density at radius 2 is 1.78 bits per heavy atom. The normalized spacial score (nSPS) is 17.2. The Labute approximate surface area is 107 Å². The smallest absolute Gasteiger partial charge is 0.161 e. The number of fused-ring (bicyclic) bond motifs is 1. The molecule has 100 valence electrons. The molecule has 4 heteroatoms. The maximum Gasteiger partial charge on any atom is 0.161 e. The zero-order valence-electron chi connectivity index (χ0n) is 11.0. The number of ether oxygens (including phenoxy) is 2. The summed E-state index contributed by atoms with van der Waals surface area (Å²) in [5, 5.41) is 10.1. The third-order valence-electron chi connectivity index (χ3n) is 3.01. The second-order valence-electron chi connectivity index (χ2n) is 5.11. The Hall–Kier alpha value is -1.29. The maximum absolute atomic E-state index is 13.7. The summed E-state index contributed by atoms with van der Waals surface area (Å²) in [5.41, 5.74) is -0.117. The van der Waals surface area contributed by atoms with Crippen LogP contribution in [0.5, 0.6) is 11.5 Å². The predicted molar refractivity (Wildman–Crippen MR) is 66.8 cm³/mol. The third kappa shape index (κ3) is 2.58. The number of benzene rings is 1. The predicted octanol–water partition coefficient (Wildman–Crippen LogP) is 3.11. The Morgan fingerprint density at radius 3 is 2.28 bits per heavy atom. The molecule has 18 heavy (non-hydrogen) atoms. The van der Waals surface area contributed by atoms with Crippen molar-refractivity contribution in [2.75, 3.05) is 13.2 Å². The molecule has 1 aliphatic heterocycles. The van der Waals surface area contributed by atoms with Gasteiger partial charge in [-0.05, 0) is 44.0 Å². The molecule has 3 nitrogen and oxygen atoms in total. The SMILES string of the molecule is CC(F)c1cc2c(cc1C(C)(C)O)OCCCO2. The van der Waals surface area contributed by atoms with Crippen LogP contribution in [0.15, 0.2) is 12.1 Å². The van der Waals surface area contributed by atoms with Crippen LogP contribution < -0.4 is 9.47 Å². The molecular weight excluding hydrogens is 235 g/mol. The summed E-state index contributed by atoms with van der Waals surface area (Å²) in [6.07, 6.45) is -0.365. The molecule has 1 aromatic carbocycles. The first-order chi connectivity index (χ1) is 8.39. The van der Waals surface area contributed by atoms with Crippen LogP contribution in [0, 0.1) is 0 Å². The van der Waals surface area contributed by atoms with E-state index in [-0.39, 0.29) is 0 Å². The zero-order chi connectivity index (χ0) is 13.3. The third-order valence-corrected chi connectivity index (χ3v) is 3.01. The van der Waals surface area contributed by atoms with Crippen molar-refractivity contribution in [3.63, 3.8) is 0 Å². The standard InChI is InChI=1S/C14H19FO3/c1-9(15)10-7-12-13(18-6-4-5-17-12)8-11(10)14(2,3)16/h7-9,16H,4-6H2,1-3H3. The van der Waals surface area contributed by atoms with Gasteiger partial charge < -0.3 is 14.6 Å². The van der Waals surface area contributed by atoms with Crippen LogP contribution in [0.2, 0.25) is 0 Å². The minimum atomic E-state index is -1.16. The number of halogens is 1. The van der Waals surface area contributed by atoms with Crippen LogP contribution in [0.3, 0.4) is 0 Å². The lowest BCUT2D eigenvalue weighted by atomic mass is 9.91. The molecule has 1 aliphatic rings. The molecule has 0 saturated heterocycles. The average Bonchev–Trinajstić information content (AvgIpc) is 2.50. The first kappa shape index (κ1) is 13.1. The Kier molecular flexibility index (Phi) is 3.48. The monoisotopic (exact) mass is 254 g/mol. The fourth-order valence-electron chi connectivity index (χ4n) is 2.08. The molecule has 2 rings (SSSR count). The first-order valence-electron chi connectivity index (χ1n) is 6.20. The Morgan fingerprint density at radius 1 is 1.22 bits per heavy atom. The van der Waals surface area contributed by atoms with E-state index < -0.39 is 11.8 Å². The summed E-state index contributed by atoms with van der Waals surface area (Å²) in [6.45, 7) is 5.86. The summed E-state index contributed by atoms with van der Waals surface area (Å²) in [5.74, 6) is 1.13. The summed E-state index contributed by atoms with van der Waals surface area (Å²) >= 11 is 0. The highest BCUT2D eigenvalue weighted by molar-refractivity contribution is 5.50. The Bertz CT molecular complexity index is 435. The van der Waals surface area contributed by atoms with Crippen LogP contribution in [-0.2, 0) is 5.60 Å². The van der Waals surface area contributed by atoms with Gasteiger partial charge in [0.1, 0.15) is 6.17 Å². The summed E-state index contributed by atoms with van der Waals surface area (Å²) in [7, 11) is 0. The van der Waals surface area contributed by atoms with Gasteiger partial charge in [-0.25, -0.2) is 4.39 Å². The molecule has 0 aliphatic carbocycles. The lowest BCUT2D eigenvalue weighted by Crippen LogP contribution is -2.18. The van der Waals surface area contributed by atoms with Gasteiger partial charge >= 0.3 is 0 Å². The Balaban J connectivity index is 2.55. The molecule has 0 radical (unpaired) electrons. The second kappa shape index (κ2) is 4.76. The molecule has 1 N–H and O–H groups in total. The van der Waals surface area contributed by atoms with Gasteiger partial charge in [-0.2, -0.15) is 0 Å². The number of aliphatic hydroxyl groups is 1. The fraction of sp³-hybridized carbons (Fsp3) is 0.571. The van der Waals surface area contributed by atoms with Crippen molar-refractivity contribution in [3.8, 4) is 11.5 Å². The molecule has 0 spiro atoms. The average molecular weight is 254 g/mol. The molecule has 1 heterocycles. The molecular formula is C14H19FO3. The van der Waals surface area contributed by atoms with Crippen LogP contribution in [0.1, 0.15) is 44.5 Å². The molecule has 1 aromatic rings. The van der Waals surface area contributed by atoms with Crippen LogP contribution in [0.4, 0.5) is 4.39 Å². The van der Waals surface area contributed by atoms with Crippen molar-refractivity contribution in [2.45, 2.75) is 39.0 Å². The second-order valence-corrected chi connectivity index (χ2v) is 5.11. The molecule has 0 aromatic heterocycles. The molecule has 0 saturated carbocycles. The van der Waals surface area contributed by atoms with Crippen molar-refractivity contribution in [1.82, 2.24) is 0 Å². The van der Waals surface area contributed by atoms with Crippen molar-refractivity contribution < 1.29 is 19.0 Å². The van der Waals surface area contributed by atoms with Gasteiger partial charge in [0.05, 0.1) is 18.8 Å². The van der Waals surface area contributed by atoms with E-state index in [1.165, 1.54) is 6.92 Å². The lowest BCUT2D eigenvalue weighted by molar-refractivity contribution is 0.0757. The van der Waals surface area contributed by atoms with Crippen molar-refractivity contribution in [2.24, 2.45) is 0 Å². The quantitative estimate of drug-likeness (QED) is 0.881. The molecule has 0 fully saturated rings. The summed E-state index contributed by atoms with van der Waals surface area (Å²) in [4.78, 5) is 0. The lowest BCUT2D eigenvalue weighted by Gasteiger charge is -2.24. The van der Waals surface area contributed by atoms with Gasteiger partial charge in [-0.3, -0.25) is 0 Å². The highest BCUT2D eigenvalue weighted by Gasteiger charge is 2.26. The minimum absolute atomic E-state index is 0.451. The van der Waals surface area contributed by atoms with E-state index in [0.717, 1.165) is 6.42 Å². The van der Waals surface area contributed by atoms with E-state index in [0.29, 0.717) is 35.8 Å². The van der Waals surface area contributed by atoms with Gasteiger partial charge in [0.25, 0.3) is 0 Å². The molecule has 0 amide bonds. The van der Waals surface area contributed by atoms with E-state index in [1.54, 1.807) is 26.0 Å². The minimum Gasteiger partial charge on any atom is -0.490 e. The summed E-state index contributed by atoms with van der Waals surface area (Å²) < 4.78 is 24.8. The molecule has 1 unspecified atom stereocenters. The van der Waals surface area contributed by atoms with Crippen LogP contribution >= 0.6 is 0 Å². The first-order valence-corrected chi connectivity index (χ1v) is 6.20. The van der Waals surface area contributed by atoms with Crippen LogP contribution in [0.25, 0.3) is 0 Å². The molecule has 1 atom stereocenters. The largest absolute Gasteiger partial charge is 0.490 e. The van der Waals surface area contributed by atoms with Gasteiger partial charge in [0.2, 0.25) is 0 Å². The highest BCUT2D eigenvalue weighted by atomic mass is 19.1. The number of rotatable bonds is 2.